The van der Waals surface area contributed by atoms with Gasteiger partial charge in [0.05, 0.1) is 24.6 Å². The number of nitrogens with one attached hydrogen (secondary N) is 1. The molecule has 6 nitrogen and oxygen atoms in total. The summed E-state index contributed by atoms with van der Waals surface area (Å²) in [6.45, 7) is 2.82. The molecule has 2 heterocycles. The van der Waals surface area contributed by atoms with Crippen LogP contribution in [0.2, 0.25) is 0 Å². The lowest BCUT2D eigenvalue weighted by atomic mass is 10.1. The van der Waals surface area contributed by atoms with Crippen molar-refractivity contribution in [3.05, 3.63) is 60.7 Å². The van der Waals surface area contributed by atoms with E-state index in [1.807, 2.05) is 53.4 Å². The first kappa shape index (κ1) is 16.4. The van der Waals surface area contributed by atoms with Crippen molar-refractivity contribution in [1.29, 1.82) is 0 Å². The van der Waals surface area contributed by atoms with Crippen LogP contribution >= 0.6 is 0 Å². The molecule has 1 aromatic heterocycles. The molecule has 0 unspecified atom stereocenters. The van der Waals surface area contributed by atoms with Gasteiger partial charge in [-0.25, -0.2) is 4.98 Å². The second kappa shape index (κ2) is 7.41. The van der Waals surface area contributed by atoms with E-state index in [0.29, 0.717) is 25.1 Å². The van der Waals surface area contributed by atoms with E-state index in [-0.39, 0.29) is 0 Å². The zero-order chi connectivity index (χ0) is 17.8. The number of H-pyrrole nitrogens is 1. The summed E-state index contributed by atoms with van der Waals surface area (Å²) in [6, 6.07) is 20.2. The van der Waals surface area contributed by atoms with Gasteiger partial charge in [-0.3, -0.25) is 0 Å². The van der Waals surface area contributed by atoms with E-state index in [4.69, 9.17) is 15.5 Å². The average Bonchev–Trinajstić information content (AvgIpc) is 3.14. The molecule has 1 aliphatic rings. The number of ether oxygens (including phenoxy) is 1. The van der Waals surface area contributed by atoms with E-state index in [0.717, 1.165) is 35.6 Å². The lowest BCUT2D eigenvalue weighted by Crippen LogP contribution is -2.44. The molecule has 0 amide bonds. The molecule has 0 bridgehead atoms. The minimum absolute atomic E-state index is 0.460. The number of nitrogens with two attached hydrogens (primary N) is 1. The van der Waals surface area contributed by atoms with E-state index < -0.39 is 0 Å². The van der Waals surface area contributed by atoms with Gasteiger partial charge >= 0.3 is 0 Å². The van der Waals surface area contributed by atoms with Crippen molar-refractivity contribution in [3.63, 3.8) is 0 Å². The number of hydrogen-bond acceptors (Lipinski definition) is 3. The number of nitrogens with zero attached hydrogens (tertiary/aromatic N) is 3. The Morgan fingerprint density at radius 2 is 1.58 bits per heavy atom. The Labute approximate surface area is 152 Å². The van der Waals surface area contributed by atoms with Crippen molar-refractivity contribution in [2.75, 3.05) is 26.3 Å². The normalized spacial score (nSPS) is 15.2. The smallest absolute Gasteiger partial charge is 0.231 e. The van der Waals surface area contributed by atoms with Crippen molar-refractivity contribution < 1.29 is 4.74 Å². The Morgan fingerprint density at radius 3 is 2.23 bits per heavy atom. The summed E-state index contributed by atoms with van der Waals surface area (Å²) in [4.78, 5) is 14.6. The van der Waals surface area contributed by atoms with Gasteiger partial charge in [0.15, 0.2) is 5.96 Å². The summed E-state index contributed by atoms with van der Waals surface area (Å²) in [5.41, 5.74) is 10.1. The highest BCUT2D eigenvalue weighted by Crippen LogP contribution is 2.32. The van der Waals surface area contributed by atoms with Gasteiger partial charge in [0.25, 0.3) is 0 Å². The van der Waals surface area contributed by atoms with Gasteiger partial charge in [0.2, 0.25) is 5.95 Å². The Kier molecular flexibility index (Phi) is 4.66. The van der Waals surface area contributed by atoms with Crippen molar-refractivity contribution in [3.8, 4) is 22.5 Å². The predicted molar refractivity (Wildman–Crippen MR) is 103 cm³/mol. The largest absolute Gasteiger partial charge is 0.378 e. The summed E-state index contributed by atoms with van der Waals surface area (Å²) in [5, 5.41) is 0. The Bertz CT molecular complexity index is 826. The number of benzene rings is 2. The molecule has 2 aromatic carbocycles. The van der Waals surface area contributed by atoms with Gasteiger partial charge in [-0.15, -0.1) is 0 Å². The molecule has 0 saturated carbocycles. The van der Waals surface area contributed by atoms with Crippen LogP contribution in [-0.2, 0) is 4.74 Å². The maximum absolute atomic E-state index is 6.18. The number of rotatable bonds is 3. The van der Waals surface area contributed by atoms with Crippen LogP contribution in [0.5, 0.6) is 0 Å². The van der Waals surface area contributed by atoms with E-state index in [9.17, 15) is 0 Å². The Morgan fingerprint density at radius 1 is 0.962 bits per heavy atom. The SMILES string of the molecule is N/C(=N\c1nc(-c2ccccc2)c(-c2ccccc2)[nH]1)N1CCOCC1. The molecule has 0 radical (unpaired) electrons. The van der Waals surface area contributed by atoms with E-state index in [1.54, 1.807) is 0 Å². The van der Waals surface area contributed by atoms with Crippen LogP contribution in [0.1, 0.15) is 0 Å². The van der Waals surface area contributed by atoms with Crippen LogP contribution in [-0.4, -0.2) is 47.1 Å². The summed E-state index contributed by atoms with van der Waals surface area (Å²) >= 11 is 0. The molecule has 6 heteroatoms. The molecule has 3 aromatic rings. The van der Waals surface area contributed by atoms with Crippen molar-refractivity contribution in [2.24, 2.45) is 10.7 Å². The highest BCUT2D eigenvalue weighted by atomic mass is 16.5. The minimum Gasteiger partial charge on any atom is -0.378 e. The fourth-order valence-electron chi connectivity index (χ4n) is 3.00. The fourth-order valence-corrected chi connectivity index (χ4v) is 3.00. The van der Waals surface area contributed by atoms with Gasteiger partial charge < -0.3 is 20.4 Å². The maximum atomic E-state index is 6.18. The lowest BCUT2D eigenvalue weighted by Gasteiger charge is -2.27. The van der Waals surface area contributed by atoms with Gasteiger partial charge in [0, 0.05) is 24.2 Å². The fraction of sp³-hybridized carbons (Fsp3) is 0.200. The minimum atomic E-state index is 0.460. The zero-order valence-electron chi connectivity index (χ0n) is 14.4. The van der Waals surface area contributed by atoms with Crippen LogP contribution in [0.3, 0.4) is 0 Å². The van der Waals surface area contributed by atoms with Crippen molar-refractivity contribution >= 4 is 11.9 Å². The van der Waals surface area contributed by atoms with E-state index in [2.05, 4.69) is 22.1 Å². The average molecular weight is 347 g/mol. The second-order valence-electron chi connectivity index (χ2n) is 6.09. The summed E-state index contributed by atoms with van der Waals surface area (Å²) in [6.07, 6.45) is 0. The number of aromatic amines is 1. The van der Waals surface area contributed by atoms with Gasteiger partial charge in [-0.2, -0.15) is 4.99 Å². The van der Waals surface area contributed by atoms with Crippen molar-refractivity contribution in [2.45, 2.75) is 0 Å². The molecule has 1 aliphatic heterocycles. The quantitative estimate of drug-likeness (QED) is 0.564. The molecule has 0 spiro atoms. The first-order valence-corrected chi connectivity index (χ1v) is 8.69. The highest BCUT2D eigenvalue weighted by Gasteiger charge is 2.16. The number of aromatic nitrogens is 2. The standard InChI is InChI=1S/C20H21N5O/c21-19(25-11-13-26-14-12-25)24-20-22-17(15-7-3-1-4-8-15)18(23-20)16-9-5-2-6-10-16/h1-10H,11-14H2,(H3,21,22,23,24). The number of guanidine groups is 1. The molecular formula is C20H21N5O. The van der Waals surface area contributed by atoms with Crippen LogP contribution in [0.25, 0.3) is 22.5 Å². The molecule has 4 rings (SSSR count). The summed E-state index contributed by atoms with van der Waals surface area (Å²) in [7, 11) is 0. The third-order valence-electron chi connectivity index (χ3n) is 4.36. The number of hydrogen-bond donors (Lipinski definition) is 2. The molecule has 1 saturated heterocycles. The molecule has 132 valence electrons. The first-order chi connectivity index (χ1) is 12.8. The molecule has 0 atom stereocenters. The molecule has 0 aliphatic carbocycles. The van der Waals surface area contributed by atoms with E-state index >= 15 is 0 Å². The highest BCUT2D eigenvalue weighted by molar-refractivity contribution is 5.83. The third kappa shape index (κ3) is 3.45. The predicted octanol–water partition coefficient (Wildman–Crippen LogP) is 3.02. The molecule has 26 heavy (non-hydrogen) atoms. The Balaban J connectivity index is 1.74. The zero-order valence-corrected chi connectivity index (χ0v) is 14.4. The van der Waals surface area contributed by atoms with Gasteiger partial charge in [0.1, 0.15) is 0 Å². The Hall–Kier alpha value is -3.12. The van der Waals surface area contributed by atoms with Gasteiger partial charge in [-0.1, -0.05) is 60.7 Å². The number of aliphatic imine (C=N–C) groups is 1. The summed E-state index contributed by atoms with van der Waals surface area (Å²) < 4.78 is 5.36. The molecule has 1 fully saturated rings. The van der Waals surface area contributed by atoms with Crippen molar-refractivity contribution in [1.82, 2.24) is 14.9 Å². The van der Waals surface area contributed by atoms with Crippen LogP contribution < -0.4 is 5.73 Å². The third-order valence-corrected chi connectivity index (χ3v) is 4.36. The monoisotopic (exact) mass is 347 g/mol. The molecule has 3 N–H and O–H groups in total. The second-order valence-corrected chi connectivity index (χ2v) is 6.09. The number of morpholine rings is 1. The molecular weight excluding hydrogens is 326 g/mol. The van der Waals surface area contributed by atoms with Crippen LogP contribution in [0, 0.1) is 0 Å². The first-order valence-electron chi connectivity index (χ1n) is 8.69. The topological polar surface area (TPSA) is 79.5 Å². The van der Waals surface area contributed by atoms with Crippen LogP contribution in [0.4, 0.5) is 5.95 Å². The summed E-state index contributed by atoms with van der Waals surface area (Å²) in [5.74, 6) is 0.966. The van der Waals surface area contributed by atoms with E-state index in [1.165, 1.54) is 0 Å². The maximum Gasteiger partial charge on any atom is 0.231 e. The lowest BCUT2D eigenvalue weighted by molar-refractivity contribution is 0.0675. The number of imidazole rings is 1. The van der Waals surface area contributed by atoms with Crippen LogP contribution in [0.15, 0.2) is 65.7 Å². The van der Waals surface area contributed by atoms with Gasteiger partial charge in [-0.05, 0) is 0 Å².